The zero-order valence-electron chi connectivity index (χ0n) is 9.08. The Balaban J connectivity index is 1.85. The third-order valence-electron chi connectivity index (χ3n) is 3.19. The fraction of sp³-hybridized carbons (Fsp3) is 0.900. The molecule has 2 heterocycles. The van der Waals surface area contributed by atoms with E-state index in [1.807, 2.05) is 11.9 Å². The number of amides is 1. The van der Waals surface area contributed by atoms with Gasteiger partial charge in [0.15, 0.2) is 0 Å². The van der Waals surface area contributed by atoms with Crippen LogP contribution in [0.25, 0.3) is 0 Å². The van der Waals surface area contributed by atoms with Crippen molar-refractivity contribution >= 4 is 5.91 Å². The highest BCUT2D eigenvalue weighted by atomic mass is 19.1. The summed E-state index contributed by atoms with van der Waals surface area (Å²) in [6.07, 6.45) is -0.517. The zero-order valence-corrected chi connectivity index (χ0v) is 9.08. The van der Waals surface area contributed by atoms with Crippen LogP contribution in [0.2, 0.25) is 0 Å². The number of rotatable bonds is 1. The number of carbonyl (C=O) groups is 1. The van der Waals surface area contributed by atoms with Crippen LogP contribution in [0, 0.1) is 0 Å². The minimum absolute atomic E-state index is 0.0725. The molecule has 0 bridgehead atoms. The monoisotopic (exact) mass is 215 g/mol. The van der Waals surface area contributed by atoms with E-state index >= 15 is 0 Å². The molecule has 86 valence electrons. The standard InChI is InChI=1S/C10H18FN3O/c1-13-2-4-14(5-3-13)10(15)9-6-8(11)7-12-9/h8-9,12H,2-7H2,1H3/t8-,9-/m1/s1. The molecule has 0 saturated carbocycles. The second-order valence-corrected chi connectivity index (χ2v) is 4.42. The molecule has 5 heteroatoms. The number of alkyl halides is 1. The first kappa shape index (κ1) is 10.8. The van der Waals surface area contributed by atoms with Gasteiger partial charge in [-0.2, -0.15) is 0 Å². The third kappa shape index (κ3) is 2.46. The van der Waals surface area contributed by atoms with Crippen molar-refractivity contribution < 1.29 is 9.18 Å². The summed E-state index contributed by atoms with van der Waals surface area (Å²) in [5.74, 6) is 0.0725. The fourth-order valence-electron chi connectivity index (χ4n) is 2.13. The summed E-state index contributed by atoms with van der Waals surface area (Å²) < 4.78 is 12.9. The number of halogens is 1. The molecule has 0 aromatic rings. The average molecular weight is 215 g/mol. The van der Waals surface area contributed by atoms with Crippen molar-refractivity contribution in [3.05, 3.63) is 0 Å². The molecule has 2 saturated heterocycles. The van der Waals surface area contributed by atoms with Crippen LogP contribution in [0.5, 0.6) is 0 Å². The van der Waals surface area contributed by atoms with Gasteiger partial charge in [-0.05, 0) is 7.05 Å². The van der Waals surface area contributed by atoms with E-state index in [1.165, 1.54) is 0 Å². The summed E-state index contributed by atoms with van der Waals surface area (Å²) in [6, 6.07) is -0.289. The zero-order chi connectivity index (χ0) is 10.8. The Labute approximate surface area is 89.4 Å². The van der Waals surface area contributed by atoms with E-state index in [0.717, 1.165) is 26.2 Å². The van der Waals surface area contributed by atoms with Gasteiger partial charge in [-0.3, -0.25) is 4.79 Å². The van der Waals surface area contributed by atoms with Gasteiger partial charge >= 0.3 is 0 Å². The predicted molar refractivity (Wildman–Crippen MR) is 55.4 cm³/mol. The first-order chi connectivity index (χ1) is 7.16. The first-order valence-corrected chi connectivity index (χ1v) is 5.51. The SMILES string of the molecule is CN1CCN(C(=O)[C@H]2C[C@@H](F)CN2)CC1. The molecule has 1 N–H and O–H groups in total. The molecule has 4 nitrogen and oxygen atoms in total. The second-order valence-electron chi connectivity index (χ2n) is 4.42. The summed E-state index contributed by atoms with van der Waals surface area (Å²) >= 11 is 0. The van der Waals surface area contributed by atoms with E-state index in [-0.39, 0.29) is 11.9 Å². The van der Waals surface area contributed by atoms with Gasteiger partial charge in [0.05, 0.1) is 6.04 Å². The molecule has 0 aromatic heterocycles. The van der Waals surface area contributed by atoms with Crippen LogP contribution >= 0.6 is 0 Å². The van der Waals surface area contributed by atoms with Crippen LogP contribution in [-0.2, 0) is 4.79 Å². The van der Waals surface area contributed by atoms with E-state index < -0.39 is 6.17 Å². The van der Waals surface area contributed by atoms with E-state index in [1.54, 1.807) is 0 Å². The molecule has 2 atom stereocenters. The van der Waals surface area contributed by atoms with Crippen molar-refractivity contribution in [3.8, 4) is 0 Å². The lowest BCUT2D eigenvalue weighted by Gasteiger charge is -2.33. The molecule has 0 radical (unpaired) electrons. The molecule has 0 aromatic carbocycles. The Morgan fingerprint density at radius 3 is 2.53 bits per heavy atom. The van der Waals surface area contributed by atoms with E-state index in [0.29, 0.717) is 13.0 Å². The Morgan fingerprint density at radius 1 is 1.33 bits per heavy atom. The highest BCUT2D eigenvalue weighted by Gasteiger charge is 2.32. The summed E-state index contributed by atoms with van der Waals surface area (Å²) in [4.78, 5) is 16.0. The minimum atomic E-state index is -0.855. The van der Waals surface area contributed by atoms with Gasteiger partial charge in [0, 0.05) is 39.1 Å². The second kappa shape index (κ2) is 4.45. The quantitative estimate of drug-likeness (QED) is 0.638. The number of carbonyl (C=O) groups excluding carboxylic acids is 1. The maximum atomic E-state index is 12.9. The van der Waals surface area contributed by atoms with E-state index in [4.69, 9.17) is 0 Å². The maximum Gasteiger partial charge on any atom is 0.239 e. The van der Waals surface area contributed by atoms with Crippen molar-refractivity contribution in [3.63, 3.8) is 0 Å². The van der Waals surface area contributed by atoms with Crippen molar-refractivity contribution in [1.82, 2.24) is 15.1 Å². The lowest BCUT2D eigenvalue weighted by molar-refractivity contribution is -0.134. The van der Waals surface area contributed by atoms with Crippen molar-refractivity contribution in [2.75, 3.05) is 39.8 Å². The highest BCUT2D eigenvalue weighted by molar-refractivity contribution is 5.82. The number of hydrogen-bond donors (Lipinski definition) is 1. The smallest absolute Gasteiger partial charge is 0.239 e. The number of nitrogens with one attached hydrogen (secondary N) is 1. The lowest BCUT2D eigenvalue weighted by Crippen LogP contribution is -2.52. The molecule has 2 aliphatic heterocycles. The summed E-state index contributed by atoms with van der Waals surface area (Å²) in [6.45, 7) is 3.69. The number of hydrogen-bond acceptors (Lipinski definition) is 3. The highest BCUT2D eigenvalue weighted by Crippen LogP contribution is 2.13. The van der Waals surface area contributed by atoms with Crippen LogP contribution in [0.3, 0.4) is 0 Å². The van der Waals surface area contributed by atoms with Gasteiger partial charge < -0.3 is 15.1 Å². The lowest BCUT2D eigenvalue weighted by atomic mass is 10.1. The Bertz CT molecular complexity index is 241. The molecule has 2 aliphatic rings. The molecule has 2 fully saturated rings. The van der Waals surface area contributed by atoms with Gasteiger partial charge in [0.2, 0.25) is 5.91 Å². The van der Waals surface area contributed by atoms with Gasteiger partial charge in [-0.1, -0.05) is 0 Å². The van der Waals surface area contributed by atoms with E-state index in [2.05, 4.69) is 10.2 Å². The number of piperazine rings is 1. The predicted octanol–water partition coefficient (Wildman–Crippen LogP) is -0.540. The Kier molecular flexibility index (Phi) is 3.21. The van der Waals surface area contributed by atoms with Gasteiger partial charge in [0.1, 0.15) is 6.17 Å². The normalized spacial score (nSPS) is 33.3. The van der Waals surface area contributed by atoms with Crippen LogP contribution in [0.4, 0.5) is 4.39 Å². The molecule has 0 aliphatic carbocycles. The molecule has 0 unspecified atom stereocenters. The van der Waals surface area contributed by atoms with Crippen molar-refractivity contribution in [2.24, 2.45) is 0 Å². The average Bonchev–Trinajstić information content (AvgIpc) is 2.65. The Morgan fingerprint density at radius 2 is 2.00 bits per heavy atom. The van der Waals surface area contributed by atoms with Crippen molar-refractivity contribution in [2.45, 2.75) is 18.6 Å². The first-order valence-electron chi connectivity index (χ1n) is 5.51. The van der Waals surface area contributed by atoms with Crippen LogP contribution in [0.1, 0.15) is 6.42 Å². The summed E-state index contributed by atoms with van der Waals surface area (Å²) in [5, 5.41) is 2.93. The molecule has 15 heavy (non-hydrogen) atoms. The van der Waals surface area contributed by atoms with Gasteiger partial charge in [-0.25, -0.2) is 4.39 Å². The molecular formula is C10H18FN3O. The number of nitrogens with zero attached hydrogens (tertiary/aromatic N) is 2. The molecule has 2 rings (SSSR count). The Hall–Kier alpha value is -0.680. The summed E-state index contributed by atoms with van der Waals surface area (Å²) in [5.41, 5.74) is 0. The van der Waals surface area contributed by atoms with Crippen molar-refractivity contribution in [1.29, 1.82) is 0 Å². The summed E-state index contributed by atoms with van der Waals surface area (Å²) in [7, 11) is 2.05. The molecule has 0 spiro atoms. The topological polar surface area (TPSA) is 35.6 Å². The van der Waals surface area contributed by atoms with Gasteiger partial charge in [0.25, 0.3) is 0 Å². The third-order valence-corrected chi connectivity index (χ3v) is 3.19. The maximum absolute atomic E-state index is 12.9. The number of likely N-dealkylation sites (N-methyl/N-ethyl adjacent to an activating group) is 1. The van der Waals surface area contributed by atoms with E-state index in [9.17, 15) is 9.18 Å². The molecule has 1 amide bonds. The largest absolute Gasteiger partial charge is 0.339 e. The van der Waals surface area contributed by atoms with Crippen LogP contribution < -0.4 is 5.32 Å². The minimum Gasteiger partial charge on any atom is -0.339 e. The van der Waals surface area contributed by atoms with Gasteiger partial charge in [-0.15, -0.1) is 0 Å². The van der Waals surface area contributed by atoms with Crippen LogP contribution in [-0.4, -0.2) is 67.7 Å². The molecular weight excluding hydrogens is 197 g/mol. The fourth-order valence-corrected chi connectivity index (χ4v) is 2.13. The van der Waals surface area contributed by atoms with Crippen LogP contribution in [0.15, 0.2) is 0 Å².